The highest BCUT2D eigenvalue weighted by molar-refractivity contribution is 6.30. The van der Waals surface area contributed by atoms with Crippen molar-refractivity contribution in [3.8, 4) is 5.75 Å². The third-order valence-corrected chi connectivity index (χ3v) is 3.72. The summed E-state index contributed by atoms with van der Waals surface area (Å²) >= 11 is 5.87. The fraction of sp³-hybridized carbons (Fsp3) is 0.600. The number of nitrogens with one attached hydrogen (secondary N) is 1. The molecule has 2 N–H and O–H groups in total. The summed E-state index contributed by atoms with van der Waals surface area (Å²) in [7, 11) is 0. The molecule has 106 valence electrons. The second-order valence-corrected chi connectivity index (χ2v) is 5.60. The fourth-order valence-corrected chi connectivity index (χ4v) is 2.60. The number of hydrogen-bond acceptors (Lipinski definition) is 3. The van der Waals surface area contributed by atoms with Gasteiger partial charge in [0.25, 0.3) is 0 Å². The Hall–Kier alpha value is -0.770. The molecule has 1 aromatic rings. The number of rotatable bonds is 6. The molecule has 1 fully saturated rings. The first-order valence-electron chi connectivity index (χ1n) is 7.04. The van der Waals surface area contributed by atoms with E-state index in [4.69, 9.17) is 16.3 Å². The van der Waals surface area contributed by atoms with Gasteiger partial charge in [0.2, 0.25) is 0 Å². The molecule has 0 aliphatic heterocycles. The van der Waals surface area contributed by atoms with Crippen molar-refractivity contribution in [1.82, 2.24) is 5.32 Å². The van der Waals surface area contributed by atoms with E-state index < -0.39 is 6.10 Å². The molecule has 3 nitrogen and oxygen atoms in total. The van der Waals surface area contributed by atoms with Crippen LogP contribution in [-0.4, -0.2) is 30.4 Å². The lowest BCUT2D eigenvalue weighted by molar-refractivity contribution is 0.102. The van der Waals surface area contributed by atoms with E-state index in [0.29, 0.717) is 30.0 Å². The summed E-state index contributed by atoms with van der Waals surface area (Å²) in [6.07, 6.45) is 5.91. The highest BCUT2D eigenvalue weighted by Crippen LogP contribution is 2.18. The van der Waals surface area contributed by atoms with Gasteiger partial charge in [-0.3, -0.25) is 0 Å². The van der Waals surface area contributed by atoms with Crippen molar-refractivity contribution in [3.63, 3.8) is 0 Å². The van der Waals surface area contributed by atoms with Gasteiger partial charge in [-0.1, -0.05) is 36.9 Å². The van der Waals surface area contributed by atoms with Gasteiger partial charge < -0.3 is 15.2 Å². The predicted octanol–water partition coefficient (Wildman–Crippen LogP) is 3.00. The number of benzene rings is 1. The van der Waals surface area contributed by atoms with E-state index >= 15 is 0 Å². The van der Waals surface area contributed by atoms with E-state index in [1.165, 1.54) is 32.1 Å². The van der Waals surface area contributed by atoms with Crippen molar-refractivity contribution in [1.29, 1.82) is 0 Å². The van der Waals surface area contributed by atoms with E-state index in [-0.39, 0.29) is 0 Å². The van der Waals surface area contributed by atoms with Gasteiger partial charge >= 0.3 is 0 Å². The average Bonchev–Trinajstić information content (AvgIpc) is 2.44. The predicted molar refractivity (Wildman–Crippen MR) is 77.8 cm³/mol. The van der Waals surface area contributed by atoms with Crippen LogP contribution < -0.4 is 10.1 Å². The molecule has 0 heterocycles. The van der Waals surface area contributed by atoms with E-state index in [0.717, 1.165) is 0 Å². The van der Waals surface area contributed by atoms with Crippen molar-refractivity contribution < 1.29 is 9.84 Å². The van der Waals surface area contributed by atoms with Gasteiger partial charge in [0.1, 0.15) is 18.5 Å². The zero-order valence-electron chi connectivity index (χ0n) is 11.1. The van der Waals surface area contributed by atoms with E-state index in [1.807, 2.05) is 12.1 Å². The molecule has 0 spiro atoms. The summed E-state index contributed by atoms with van der Waals surface area (Å²) in [5.74, 6) is 0.698. The molecular weight excluding hydrogens is 262 g/mol. The summed E-state index contributed by atoms with van der Waals surface area (Å²) < 4.78 is 5.51. The molecule has 2 rings (SSSR count). The molecule has 0 radical (unpaired) electrons. The zero-order valence-corrected chi connectivity index (χ0v) is 11.9. The minimum Gasteiger partial charge on any atom is -0.491 e. The van der Waals surface area contributed by atoms with E-state index in [1.54, 1.807) is 12.1 Å². The maximum absolute atomic E-state index is 9.89. The average molecular weight is 284 g/mol. The van der Waals surface area contributed by atoms with Crippen LogP contribution >= 0.6 is 11.6 Å². The Morgan fingerprint density at radius 3 is 2.84 bits per heavy atom. The van der Waals surface area contributed by atoms with Crippen LogP contribution in [-0.2, 0) is 0 Å². The summed E-state index contributed by atoms with van der Waals surface area (Å²) in [5, 5.41) is 13.9. The zero-order chi connectivity index (χ0) is 13.5. The number of ether oxygens (including phenoxy) is 1. The minimum absolute atomic E-state index is 0.292. The van der Waals surface area contributed by atoms with Crippen LogP contribution in [0.25, 0.3) is 0 Å². The smallest absolute Gasteiger partial charge is 0.120 e. The number of aliphatic hydroxyl groups excluding tert-OH is 1. The lowest BCUT2D eigenvalue weighted by atomic mass is 9.95. The molecule has 19 heavy (non-hydrogen) atoms. The normalized spacial score (nSPS) is 18.2. The number of aliphatic hydroxyl groups is 1. The molecule has 4 heteroatoms. The van der Waals surface area contributed by atoms with Gasteiger partial charge in [0.05, 0.1) is 0 Å². The second-order valence-electron chi connectivity index (χ2n) is 5.17. The fourth-order valence-electron chi connectivity index (χ4n) is 2.42. The van der Waals surface area contributed by atoms with Crippen molar-refractivity contribution in [2.45, 2.75) is 44.2 Å². The van der Waals surface area contributed by atoms with Gasteiger partial charge in [-0.15, -0.1) is 0 Å². The molecule has 1 unspecified atom stereocenters. The molecular formula is C15H22ClNO2. The first-order valence-corrected chi connectivity index (χ1v) is 7.41. The summed E-state index contributed by atoms with van der Waals surface area (Å²) in [4.78, 5) is 0. The Morgan fingerprint density at radius 2 is 2.11 bits per heavy atom. The SMILES string of the molecule is OC(CNC1CCCCC1)COc1cccc(Cl)c1. The van der Waals surface area contributed by atoms with Crippen LogP contribution in [0.4, 0.5) is 0 Å². The second kappa shape index (κ2) is 7.73. The van der Waals surface area contributed by atoms with Gasteiger partial charge in [-0.25, -0.2) is 0 Å². The third kappa shape index (κ3) is 5.39. The standard InChI is InChI=1S/C15H22ClNO2/c16-12-5-4-8-15(9-12)19-11-14(18)10-17-13-6-2-1-3-7-13/h4-5,8-9,13-14,17-18H,1-3,6-7,10-11H2. The number of hydrogen-bond donors (Lipinski definition) is 2. The van der Waals surface area contributed by atoms with Gasteiger partial charge in [-0.05, 0) is 31.0 Å². The minimum atomic E-state index is -0.485. The van der Waals surface area contributed by atoms with Crippen LogP contribution in [0.1, 0.15) is 32.1 Å². The molecule has 1 atom stereocenters. The highest BCUT2D eigenvalue weighted by Gasteiger charge is 2.14. The van der Waals surface area contributed by atoms with Crippen LogP contribution in [0.2, 0.25) is 5.02 Å². The molecule has 1 aliphatic rings. The molecule has 0 amide bonds. The van der Waals surface area contributed by atoms with Crippen LogP contribution in [0.3, 0.4) is 0 Å². The molecule has 0 saturated heterocycles. The maximum Gasteiger partial charge on any atom is 0.120 e. The Balaban J connectivity index is 1.65. The van der Waals surface area contributed by atoms with Gasteiger partial charge in [0.15, 0.2) is 0 Å². The number of halogens is 1. The summed E-state index contributed by atoms with van der Waals surface area (Å²) in [6, 6.07) is 7.80. The van der Waals surface area contributed by atoms with Crippen molar-refractivity contribution in [2.24, 2.45) is 0 Å². The topological polar surface area (TPSA) is 41.5 Å². The largest absolute Gasteiger partial charge is 0.491 e. The Morgan fingerprint density at radius 1 is 1.32 bits per heavy atom. The Bertz CT molecular complexity index is 380. The quantitative estimate of drug-likeness (QED) is 0.843. The molecule has 0 aromatic heterocycles. The monoisotopic (exact) mass is 283 g/mol. The molecule has 1 aliphatic carbocycles. The first-order chi connectivity index (χ1) is 9.24. The third-order valence-electron chi connectivity index (χ3n) is 3.49. The lowest BCUT2D eigenvalue weighted by Crippen LogP contribution is -2.38. The molecule has 0 bridgehead atoms. The van der Waals surface area contributed by atoms with Gasteiger partial charge in [0, 0.05) is 17.6 Å². The van der Waals surface area contributed by atoms with Crippen LogP contribution in [0, 0.1) is 0 Å². The van der Waals surface area contributed by atoms with Crippen LogP contribution in [0.5, 0.6) is 5.75 Å². The first kappa shape index (κ1) is 14.6. The van der Waals surface area contributed by atoms with E-state index in [2.05, 4.69) is 5.32 Å². The van der Waals surface area contributed by atoms with Gasteiger partial charge in [-0.2, -0.15) is 0 Å². The van der Waals surface area contributed by atoms with Crippen molar-refractivity contribution in [3.05, 3.63) is 29.3 Å². The Kier molecular flexibility index (Phi) is 5.95. The maximum atomic E-state index is 9.89. The van der Waals surface area contributed by atoms with Crippen molar-refractivity contribution >= 4 is 11.6 Å². The molecule has 1 saturated carbocycles. The van der Waals surface area contributed by atoms with E-state index in [9.17, 15) is 5.11 Å². The summed E-state index contributed by atoms with van der Waals surface area (Å²) in [6.45, 7) is 0.880. The Labute approximate surface area is 119 Å². The highest BCUT2D eigenvalue weighted by atomic mass is 35.5. The molecule has 1 aromatic carbocycles. The van der Waals surface area contributed by atoms with Crippen LogP contribution in [0.15, 0.2) is 24.3 Å². The van der Waals surface area contributed by atoms with Crippen molar-refractivity contribution in [2.75, 3.05) is 13.2 Å². The summed E-state index contributed by atoms with van der Waals surface area (Å²) in [5.41, 5.74) is 0. The lowest BCUT2D eigenvalue weighted by Gasteiger charge is -2.24.